The van der Waals surface area contributed by atoms with Gasteiger partial charge in [0.25, 0.3) is 0 Å². The fraction of sp³-hybridized carbons (Fsp3) is 0.933. The molecule has 0 unspecified atom stereocenters. The molecule has 0 saturated carbocycles. The number of ether oxygens (including phenoxy) is 1. The summed E-state index contributed by atoms with van der Waals surface area (Å²) in [4.78, 5) is 11.2. The second kappa shape index (κ2) is 10.6. The SMILES string of the molecule is CC(C)CCCCCCCCOC(=O)C(C)C. The Hall–Kier alpha value is -0.530. The van der Waals surface area contributed by atoms with E-state index in [-0.39, 0.29) is 11.9 Å². The number of carbonyl (C=O) groups excluding carboxylic acids is 1. The van der Waals surface area contributed by atoms with Crippen LogP contribution in [0.3, 0.4) is 0 Å². The molecule has 0 saturated heterocycles. The molecule has 0 aliphatic heterocycles. The van der Waals surface area contributed by atoms with Gasteiger partial charge in [-0.15, -0.1) is 0 Å². The minimum Gasteiger partial charge on any atom is -0.465 e. The molecular weight excluding hydrogens is 212 g/mol. The van der Waals surface area contributed by atoms with Crippen LogP contribution in [0, 0.1) is 11.8 Å². The van der Waals surface area contributed by atoms with E-state index in [1.165, 1.54) is 38.5 Å². The Labute approximate surface area is 107 Å². The lowest BCUT2D eigenvalue weighted by atomic mass is 10.0. The van der Waals surface area contributed by atoms with Crippen molar-refractivity contribution in [3.63, 3.8) is 0 Å². The summed E-state index contributed by atoms with van der Waals surface area (Å²) in [6.45, 7) is 8.91. The van der Waals surface area contributed by atoms with Crippen molar-refractivity contribution >= 4 is 5.97 Å². The van der Waals surface area contributed by atoms with E-state index < -0.39 is 0 Å². The molecule has 0 aromatic carbocycles. The molecule has 102 valence electrons. The molecule has 17 heavy (non-hydrogen) atoms. The van der Waals surface area contributed by atoms with Gasteiger partial charge in [-0.1, -0.05) is 66.2 Å². The minimum absolute atomic E-state index is 0.00559. The van der Waals surface area contributed by atoms with E-state index in [1.807, 2.05) is 13.8 Å². The molecular formula is C15H30O2. The Morgan fingerprint density at radius 2 is 1.41 bits per heavy atom. The highest BCUT2D eigenvalue weighted by atomic mass is 16.5. The molecule has 0 fully saturated rings. The molecule has 0 bridgehead atoms. The Morgan fingerprint density at radius 1 is 0.882 bits per heavy atom. The first-order chi connectivity index (χ1) is 8.04. The molecule has 0 aliphatic carbocycles. The van der Waals surface area contributed by atoms with Crippen LogP contribution in [-0.4, -0.2) is 12.6 Å². The van der Waals surface area contributed by atoms with Crippen molar-refractivity contribution in [1.29, 1.82) is 0 Å². The molecule has 0 amide bonds. The summed E-state index contributed by atoms with van der Waals surface area (Å²) in [5.74, 6) is 0.776. The number of hydrogen-bond acceptors (Lipinski definition) is 2. The standard InChI is InChI=1S/C15H30O2/c1-13(2)11-9-7-5-6-8-10-12-17-15(16)14(3)4/h13-14H,5-12H2,1-4H3. The fourth-order valence-corrected chi connectivity index (χ4v) is 1.70. The molecule has 0 rings (SSSR count). The maximum atomic E-state index is 11.2. The van der Waals surface area contributed by atoms with E-state index in [0.29, 0.717) is 6.61 Å². The van der Waals surface area contributed by atoms with Crippen LogP contribution in [0.2, 0.25) is 0 Å². The summed E-state index contributed by atoms with van der Waals surface area (Å²) >= 11 is 0. The maximum absolute atomic E-state index is 11.2. The average Bonchev–Trinajstić information content (AvgIpc) is 2.25. The van der Waals surface area contributed by atoms with Crippen LogP contribution in [0.15, 0.2) is 0 Å². The van der Waals surface area contributed by atoms with Crippen LogP contribution in [0.4, 0.5) is 0 Å². The normalized spacial score (nSPS) is 11.2. The van der Waals surface area contributed by atoms with Gasteiger partial charge in [-0.2, -0.15) is 0 Å². The zero-order valence-corrected chi connectivity index (χ0v) is 12.1. The van der Waals surface area contributed by atoms with E-state index in [2.05, 4.69) is 13.8 Å². The van der Waals surface area contributed by atoms with Gasteiger partial charge in [0.2, 0.25) is 0 Å². The average molecular weight is 242 g/mol. The second-order valence-electron chi connectivity index (χ2n) is 5.63. The number of rotatable bonds is 10. The Balaban J connectivity index is 3.11. The number of unbranched alkanes of at least 4 members (excludes halogenated alkanes) is 5. The summed E-state index contributed by atoms with van der Waals surface area (Å²) in [6.07, 6.45) is 8.87. The highest BCUT2D eigenvalue weighted by molar-refractivity contribution is 5.71. The number of hydrogen-bond donors (Lipinski definition) is 0. The van der Waals surface area contributed by atoms with Crippen molar-refractivity contribution in [3.8, 4) is 0 Å². The van der Waals surface area contributed by atoms with E-state index in [4.69, 9.17) is 4.74 Å². The van der Waals surface area contributed by atoms with Crippen LogP contribution in [-0.2, 0) is 9.53 Å². The zero-order chi connectivity index (χ0) is 13.1. The van der Waals surface area contributed by atoms with Crippen LogP contribution in [0.1, 0.15) is 72.6 Å². The molecule has 0 aliphatic rings. The molecule has 0 heterocycles. The maximum Gasteiger partial charge on any atom is 0.308 e. The van der Waals surface area contributed by atoms with Crippen molar-refractivity contribution in [2.75, 3.05) is 6.61 Å². The van der Waals surface area contributed by atoms with Gasteiger partial charge in [0.05, 0.1) is 12.5 Å². The van der Waals surface area contributed by atoms with Gasteiger partial charge in [-0.3, -0.25) is 4.79 Å². The fourth-order valence-electron chi connectivity index (χ4n) is 1.70. The van der Waals surface area contributed by atoms with Crippen LogP contribution < -0.4 is 0 Å². The van der Waals surface area contributed by atoms with E-state index in [9.17, 15) is 4.79 Å². The van der Waals surface area contributed by atoms with E-state index in [0.717, 1.165) is 12.3 Å². The summed E-state index contributed by atoms with van der Waals surface area (Å²) in [5, 5.41) is 0. The first-order valence-corrected chi connectivity index (χ1v) is 7.20. The quantitative estimate of drug-likeness (QED) is 0.414. The minimum atomic E-state index is -0.0677. The first-order valence-electron chi connectivity index (χ1n) is 7.20. The van der Waals surface area contributed by atoms with Crippen LogP contribution >= 0.6 is 0 Å². The third-order valence-corrected chi connectivity index (χ3v) is 2.89. The van der Waals surface area contributed by atoms with Crippen molar-refractivity contribution in [3.05, 3.63) is 0 Å². The highest BCUT2D eigenvalue weighted by Crippen LogP contribution is 2.11. The van der Waals surface area contributed by atoms with Crippen LogP contribution in [0.25, 0.3) is 0 Å². The predicted molar refractivity (Wildman–Crippen MR) is 73.0 cm³/mol. The summed E-state index contributed by atoms with van der Waals surface area (Å²) < 4.78 is 5.12. The van der Waals surface area contributed by atoms with Crippen molar-refractivity contribution in [2.24, 2.45) is 11.8 Å². The lowest BCUT2D eigenvalue weighted by molar-refractivity contribution is -0.147. The van der Waals surface area contributed by atoms with Gasteiger partial charge in [0.15, 0.2) is 0 Å². The third-order valence-electron chi connectivity index (χ3n) is 2.89. The lowest BCUT2D eigenvalue weighted by Gasteiger charge is -2.07. The molecule has 0 N–H and O–H groups in total. The molecule has 0 aromatic heterocycles. The third kappa shape index (κ3) is 11.7. The van der Waals surface area contributed by atoms with Gasteiger partial charge >= 0.3 is 5.97 Å². The summed E-state index contributed by atoms with van der Waals surface area (Å²) in [7, 11) is 0. The molecule has 2 heteroatoms. The molecule has 0 radical (unpaired) electrons. The molecule has 0 atom stereocenters. The Bertz CT molecular complexity index is 185. The van der Waals surface area contributed by atoms with Crippen molar-refractivity contribution in [2.45, 2.75) is 72.6 Å². The van der Waals surface area contributed by atoms with Crippen molar-refractivity contribution in [1.82, 2.24) is 0 Å². The summed E-state index contributed by atoms with van der Waals surface area (Å²) in [5.41, 5.74) is 0. The predicted octanol–water partition coefficient (Wildman–Crippen LogP) is 4.57. The molecule has 0 aromatic rings. The van der Waals surface area contributed by atoms with Gasteiger partial charge in [0.1, 0.15) is 0 Å². The van der Waals surface area contributed by atoms with Gasteiger partial charge in [-0.05, 0) is 12.3 Å². The highest BCUT2D eigenvalue weighted by Gasteiger charge is 2.06. The summed E-state index contributed by atoms with van der Waals surface area (Å²) in [6, 6.07) is 0. The van der Waals surface area contributed by atoms with Crippen molar-refractivity contribution < 1.29 is 9.53 Å². The zero-order valence-electron chi connectivity index (χ0n) is 12.1. The monoisotopic (exact) mass is 242 g/mol. The van der Waals surface area contributed by atoms with Gasteiger partial charge < -0.3 is 4.74 Å². The largest absolute Gasteiger partial charge is 0.465 e. The Morgan fingerprint density at radius 3 is 1.94 bits per heavy atom. The smallest absolute Gasteiger partial charge is 0.308 e. The van der Waals surface area contributed by atoms with Gasteiger partial charge in [-0.25, -0.2) is 0 Å². The topological polar surface area (TPSA) is 26.3 Å². The van der Waals surface area contributed by atoms with E-state index in [1.54, 1.807) is 0 Å². The van der Waals surface area contributed by atoms with Crippen LogP contribution in [0.5, 0.6) is 0 Å². The molecule has 0 spiro atoms. The number of carbonyl (C=O) groups is 1. The first kappa shape index (κ1) is 16.5. The molecule has 2 nitrogen and oxygen atoms in total. The van der Waals surface area contributed by atoms with Gasteiger partial charge in [0, 0.05) is 0 Å². The number of esters is 1. The Kier molecular flexibility index (Phi) is 10.3. The lowest BCUT2D eigenvalue weighted by Crippen LogP contribution is -2.12. The van der Waals surface area contributed by atoms with E-state index >= 15 is 0 Å². The second-order valence-corrected chi connectivity index (χ2v) is 5.63.